The molecule has 3 aliphatic rings. The molecule has 5 heterocycles. The van der Waals surface area contributed by atoms with Crippen LogP contribution in [0.2, 0.25) is 0 Å². The molecule has 80 heavy (non-hydrogen) atoms. The zero-order valence-electron chi connectivity index (χ0n) is 53.1. The normalized spacial score (nSPS) is 19.8. The van der Waals surface area contributed by atoms with Crippen LogP contribution in [0.25, 0.3) is 60.9 Å². The molecule has 0 amide bonds. The van der Waals surface area contributed by atoms with E-state index in [0.717, 1.165) is 61.0 Å². The molecule has 0 unspecified atom stereocenters. The smallest absolute Gasteiger partial charge is 0.213 e. The van der Waals surface area contributed by atoms with Gasteiger partial charge in [0.1, 0.15) is 0 Å². The predicted molar refractivity (Wildman–Crippen MR) is 332 cm³/mol. The van der Waals surface area contributed by atoms with Gasteiger partial charge in [-0.2, -0.15) is 6.07 Å². The van der Waals surface area contributed by atoms with E-state index in [0.29, 0.717) is 27.8 Å². The van der Waals surface area contributed by atoms with E-state index in [1.165, 1.54) is 4.57 Å². The summed E-state index contributed by atoms with van der Waals surface area (Å²) < 4.78 is 81.1. The van der Waals surface area contributed by atoms with Crippen molar-refractivity contribution in [3.63, 3.8) is 0 Å². The number of fused-ring (bicyclic) bond motifs is 5. The number of hydrogen-bond donors (Lipinski definition) is 2. The van der Waals surface area contributed by atoms with E-state index in [1.54, 1.807) is 36.4 Å². The largest absolute Gasteiger partial charge is 0.509 e. The van der Waals surface area contributed by atoms with Crippen LogP contribution in [0, 0.1) is 18.8 Å². The maximum Gasteiger partial charge on any atom is 0.213 e. The SMILES string of the molecule is [2H]c1c([2H])c([2H])c(-c2cc(Oc3[c-]c4c(cc3)c3cc(C(C)(C)C)ccc3n4-c3nc4ccccc4n3C([2H])([2H])[2H])[c-]c(N3[CH-]N(c4c(/C5=C/C=C\N/C=C\C=C/[B]5)cc(C(C)(C)C)cc4/C4=C/C=C\N/C=C\C=C/[B]4)c4ccccc43)c2)c([2H])c1[2H].[Pt]. The molecular formula is C69H60B2N7OPt-3. The summed E-state index contributed by atoms with van der Waals surface area (Å²) in [4.78, 5) is 9.13. The van der Waals surface area contributed by atoms with Crippen molar-refractivity contribution in [2.75, 3.05) is 9.80 Å². The number of para-hydroxylation sites is 4. The van der Waals surface area contributed by atoms with Crippen LogP contribution in [0.4, 0.5) is 22.7 Å². The number of imidazole rings is 1. The van der Waals surface area contributed by atoms with E-state index in [2.05, 4.69) is 126 Å². The molecule has 0 bridgehead atoms. The molecule has 0 saturated heterocycles. The van der Waals surface area contributed by atoms with Gasteiger partial charge in [-0.1, -0.05) is 149 Å². The number of ether oxygens (including phenoxy) is 1. The Morgan fingerprint density at radius 3 is 1.94 bits per heavy atom. The summed E-state index contributed by atoms with van der Waals surface area (Å²) in [6.45, 7) is 12.4. The average Bonchev–Trinajstić information content (AvgIpc) is 1.63. The third-order valence-electron chi connectivity index (χ3n) is 14.1. The van der Waals surface area contributed by atoms with E-state index in [-0.39, 0.29) is 72.6 Å². The third-order valence-corrected chi connectivity index (χ3v) is 14.1. The van der Waals surface area contributed by atoms with Gasteiger partial charge in [0.2, 0.25) is 5.95 Å². The molecule has 11 heteroatoms. The minimum absolute atomic E-state index is 0. The van der Waals surface area contributed by atoms with Gasteiger partial charge < -0.3 is 34.3 Å². The molecular weight excluding hydrogens is 1160 g/mol. The zero-order valence-corrected chi connectivity index (χ0v) is 47.4. The zero-order chi connectivity index (χ0) is 61.1. The minimum Gasteiger partial charge on any atom is -0.509 e. The second kappa shape index (κ2) is 22.4. The van der Waals surface area contributed by atoms with E-state index in [9.17, 15) is 2.74 Å². The standard InChI is InChI=1S/C69H60B2N7O.Pt/c1-68(2,3)49-29-32-61-55(41-49)54-31-30-52(45-65(54)78(61)67-74-60-25-11-12-26-62(60)75(67)7)79-53-40-48(47-21-9-8-10-22-47)39-51(44-53)76-46-77(64-28-14-13-27-63(64)76)66-56(58-23-19-37-72-35-17-15-33-70-58)42-50(69(4,5)6)43-57(66)59-24-20-38-73-36-18-16-34-71-59;/h8-43,46,72-73H,1-7H3;/q-3;/b33-15-,34-16-,35-17-,36-18-,37-19-,38-20-,58-23-,59-24-;/i7D3,8D,9D,10D,21D,22D;. The Morgan fingerprint density at radius 2 is 1.26 bits per heavy atom. The number of aromatic nitrogens is 3. The number of nitrogens with one attached hydrogen (secondary N) is 2. The summed E-state index contributed by atoms with van der Waals surface area (Å²) in [6.07, 6.45) is 23.5. The molecule has 9 aromatic rings. The first kappa shape index (κ1) is 44.4. The van der Waals surface area contributed by atoms with Crippen molar-refractivity contribution in [2.24, 2.45) is 6.98 Å². The van der Waals surface area contributed by atoms with E-state index >= 15 is 0 Å². The quantitative estimate of drug-likeness (QED) is 0.117. The maximum absolute atomic E-state index is 9.26. The van der Waals surface area contributed by atoms with Crippen molar-refractivity contribution in [1.82, 2.24) is 24.8 Å². The molecule has 2 aromatic heterocycles. The van der Waals surface area contributed by atoms with Crippen molar-refractivity contribution >= 4 is 81.1 Å². The van der Waals surface area contributed by atoms with Gasteiger partial charge in [0.05, 0.1) is 17.9 Å². The first-order chi connectivity index (χ1) is 41.7. The average molecular weight is 1230 g/mol. The molecule has 2 radical (unpaired) electrons. The first-order valence-corrected chi connectivity index (χ1v) is 26.3. The van der Waals surface area contributed by atoms with Crippen LogP contribution in [-0.4, -0.2) is 28.7 Å². The van der Waals surface area contributed by atoms with Gasteiger partial charge in [0.25, 0.3) is 0 Å². The van der Waals surface area contributed by atoms with Gasteiger partial charge in [-0.25, -0.2) is 4.98 Å². The summed E-state index contributed by atoms with van der Waals surface area (Å²) in [7, 11) is 4.22. The Hall–Kier alpha value is -8.45. The summed E-state index contributed by atoms with van der Waals surface area (Å²) in [5, 5.41) is 8.08. The van der Waals surface area contributed by atoms with Gasteiger partial charge in [0.15, 0.2) is 14.6 Å². The second-order valence-electron chi connectivity index (χ2n) is 21.5. The molecule has 0 atom stereocenters. The van der Waals surface area contributed by atoms with Gasteiger partial charge >= 0.3 is 0 Å². The molecule has 3 aliphatic heterocycles. The molecule has 8 nitrogen and oxygen atoms in total. The fourth-order valence-electron chi connectivity index (χ4n) is 10.1. The van der Waals surface area contributed by atoms with Crippen LogP contribution in [0.1, 0.15) is 74.8 Å². The Labute approximate surface area is 497 Å². The fourth-order valence-corrected chi connectivity index (χ4v) is 10.1. The number of aryl methyl sites for hydroxylation is 1. The molecule has 7 aromatic carbocycles. The predicted octanol–water partition coefficient (Wildman–Crippen LogP) is 16.1. The summed E-state index contributed by atoms with van der Waals surface area (Å²) in [5.41, 5.74) is 10.7. The maximum atomic E-state index is 9.26. The molecule has 2 N–H and O–H groups in total. The van der Waals surface area contributed by atoms with Gasteiger partial charge in [-0.15, -0.1) is 65.6 Å². The monoisotopic (exact) mass is 1230 g/mol. The Kier molecular flexibility index (Phi) is 12.4. The summed E-state index contributed by atoms with van der Waals surface area (Å²) in [6, 6.07) is 37.8. The van der Waals surface area contributed by atoms with Gasteiger partial charge in [0, 0.05) is 91.0 Å². The summed E-state index contributed by atoms with van der Waals surface area (Å²) >= 11 is 0. The third kappa shape index (κ3) is 10.6. The van der Waals surface area contributed by atoms with Gasteiger partial charge in [-0.05, 0) is 111 Å². The summed E-state index contributed by atoms with van der Waals surface area (Å²) in [5.74, 6) is 4.59. The number of nitrogens with zero attached hydrogens (tertiary/aromatic N) is 5. The van der Waals surface area contributed by atoms with Gasteiger partial charge in [-0.3, -0.25) is 0 Å². The Balaban J connectivity index is 0.00000800. The van der Waals surface area contributed by atoms with Crippen LogP contribution in [-0.2, 0) is 38.9 Å². The Bertz CT molecular complexity index is 4420. The number of anilines is 4. The van der Waals surface area contributed by atoms with Crippen LogP contribution >= 0.6 is 0 Å². The van der Waals surface area contributed by atoms with Crippen LogP contribution in [0.3, 0.4) is 0 Å². The van der Waals surface area contributed by atoms with Crippen molar-refractivity contribution in [2.45, 2.75) is 52.4 Å². The van der Waals surface area contributed by atoms with Crippen molar-refractivity contribution < 1.29 is 36.8 Å². The molecule has 396 valence electrons. The van der Waals surface area contributed by atoms with Crippen LogP contribution < -0.4 is 25.2 Å². The van der Waals surface area contributed by atoms with Crippen LogP contribution in [0.5, 0.6) is 11.5 Å². The molecule has 0 aliphatic carbocycles. The Morgan fingerprint density at radius 1 is 0.613 bits per heavy atom. The molecule has 12 rings (SSSR count). The van der Waals surface area contributed by atoms with Crippen molar-refractivity contribution in [3.05, 3.63) is 260 Å². The van der Waals surface area contributed by atoms with E-state index in [1.807, 2.05) is 126 Å². The minimum atomic E-state index is -2.62. The van der Waals surface area contributed by atoms with E-state index < -0.39 is 25.1 Å². The van der Waals surface area contributed by atoms with Crippen molar-refractivity contribution in [1.29, 1.82) is 0 Å². The fraction of sp³-hybridized carbons (Fsp3) is 0.130. The number of allylic oxidation sites excluding steroid dienone is 8. The second-order valence-corrected chi connectivity index (χ2v) is 21.5. The number of benzene rings is 7. The van der Waals surface area contributed by atoms with E-state index in [4.69, 9.17) is 17.9 Å². The first-order valence-electron chi connectivity index (χ1n) is 30.3. The number of hydrogen-bond acceptors (Lipinski definition) is 6. The molecule has 0 fully saturated rings. The molecule has 0 saturated carbocycles. The molecule has 0 spiro atoms. The van der Waals surface area contributed by atoms with Crippen LogP contribution in [0.15, 0.2) is 219 Å². The number of rotatable bonds is 8. The topological polar surface area (TPSA) is 62.5 Å². The van der Waals surface area contributed by atoms with Crippen molar-refractivity contribution in [3.8, 4) is 28.6 Å².